The third-order valence-corrected chi connectivity index (χ3v) is 3.46. The Morgan fingerprint density at radius 1 is 1.14 bits per heavy atom. The predicted octanol–water partition coefficient (Wildman–Crippen LogP) is 0.700. The highest BCUT2D eigenvalue weighted by atomic mass is 16.5. The molecule has 1 unspecified atom stereocenters. The van der Waals surface area contributed by atoms with E-state index in [1.165, 1.54) is 25.3 Å². The molecule has 6 nitrogen and oxygen atoms in total. The maximum atomic E-state index is 11.9. The molecule has 0 aliphatic heterocycles. The molecule has 1 atom stereocenters. The molecule has 0 fully saturated rings. The molecule has 0 saturated heterocycles. The zero-order valence-electron chi connectivity index (χ0n) is 12.0. The van der Waals surface area contributed by atoms with E-state index < -0.39 is 11.5 Å². The van der Waals surface area contributed by atoms with Gasteiger partial charge in [0.1, 0.15) is 11.6 Å². The zero-order valence-corrected chi connectivity index (χ0v) is 12.0. The van der Waals surface area contributed by atoms with Crippen LogP contribution >= 0.6 is 0 Å². The molecule has 0 radical (unpaired) electrons. The molecule has 2 aromatic rings. The van der Waals surface area contributed by atoms with Crippen molar-refractivity contribution >= 4 is 11.7 Å². The first-order valence-corrected chi connectivity index (χ1v) is 6.52. The fourth-order valence-electron chi connectivity index (χ4n) is 2.27. The number of rotatable bonds is 5. The van der Waals surface area contributed by atoms with Crippen LogP contribution in [0.15, 0.2) is 48.5 Å². The molecule has 0 aliphatic carbocycles. The monoisotopic (exact) mass is 299 g/mol. The minimum Gasteiger partial charge on any atom is -0.496 e. The van der Waals surface area contributed by atoms with Gasteiger partial charge in [-0.25, -0.2) is 0 Å². The number of hydrogen-bond donors (Lipinski definition) is 4. The molecule has 6 heteroatoms. The van der Waals surface area contributed by atoms with E-state index in [9.17, 15) is 9.90 Å². The normalized spacial score (nSPS) is 13.2. The highest BCUT2D eigenvalue weighted by molar-refractivity contribution is 5.98. The molecule has 6 N–H and O–H groups in total. The van der Waals surface area contributed by atoms with Crippen molar-refractivity contribution in [2.45, 2.75) is 5.60 Å². The minimum atomic E-state index is -2.00. The maximum absolute atomic E-state index is 11.9. The third kappa shape index (κ3) is 2.51. The summed E-state index contributed by atoms with van der Waals surface area (Å²) in [6.07, 6.45) is 0. The van der Waals surface area contributed by atoms with Gasteiger partial charge in [0.05, 0.1) is 12.7 Å². The number of nitrogens with two attached hydrogens (primary N) is 2. The summed E-state index contributed by atoms with van der Waals surface area (Å²) < 4.78 is 5.17. The van der Waals surface area contributed by atoms with Crippen molar-refractivity contribution in [1.29, 1.82) is 5.41 Å². The van der Waals surface area contributed by atoms with E-state index in [0.717, 1.165) is 0 Å². The van der Waals surface area contributed by atoms with Crippen LogP contribution in [-0.2, 0) is 10.4 Å². The second-order valence-corrected chi connectivity index (χ2v) is 4.77. The van der Waals surface area contributed by atoms with Gasteiger partial charge in [-0.1, -0.05) is 36.4 Å². The molecule has 0 saturated carbocycles. The summed E-state index contributed by atoms with van der Waals surface area (Å²) in [5, 5.41) is 18.4. The lowest BCUT2D eigenvalue weighted by atomic mass is 9.85. The van der Waals surface area contributed by atoms with Crippen molar-refractivity contribution in [3.63, 3.8) is 0 Å². The van der Waals surface area contributed by atoms with Gasteiger partial charge >= 0.3 is 0 Å². The number of carbonyl (C=O) groups excluding carboxylic acids is 1. The van der Waals surface area contributed by atoms with Crippen LogP contribution in [0.2, 0.25) is 0 Å². The Kier molecular flexibility index (Phi) is 4.14. The summed E-state index contributed by atoms with van der Waals surface area (Å²) in [5.41, 5.74) is 9.86. The average molecular weight is 299 g/mol. The van der Waals surface area contributed by atoms with Crippen molar-refractivity contribution in [2.75, 3.05) is 7.11 Å². The van der Waals surface area contributed by atoms with Crippen molar-refractivity contribution < 1.29 is 14.6 Å². The number of primary amides is 1. The topological polar surface area (TPSA) is 122 Å². The Morgan fingerprint density at radius 3 is 2.27 bits per heavy atom. The lowest BCUT2D eigenvalue weighted by Crippen LogP contribution is -2.42. The first-order valence-electron chi connectivity index (χ1n) is 6.52. The lowest BCUT2D eigenvalue weighted by Gasteiger charge is -2.26. The van der Waals surface area contributed by atoms with Crippen LogP contribution in [0.3, 0.4) is 0 Å². The summed E-state index contributed by atoms with van der Waals surface area (Å²) in [6, 6.07) is 12.8. The second-order valence-electron chi connectivity index (χ2n) is 4.77. The summed E-state index contributed by atoms with van der Waals surface area (Å²) in [4.78, 5) is 11.9. The molecule has 0 spiro atoms. The number of aliphatic hydroxyl groups is 1. The SMILES string of the molecule is COc1cc(C(O)(C(N)=O)c2ccccc2)ccc1C(=N)N. The number of nitrogen functional groups attached to an aromatic ring is 1. The van der Waals surface area contributed by atoms with E-state index in [2.05, 4.69) is 0 Å². The molecule has 1 amide bonds. The number of methoxy groups -OCH3 is 1. The van der Waals surface area contributed by atoms with Crippen molar-refractivity contribution in [3.8, 4) is 5.75 Å². The van der Waals surface area contributed by atoms with Gasteiger partial charge in [-0.2, -0.15) is 0 Å². The Morgan fingerprint density at radius 2 is 1.77 bits per heavy atom. The Balaban J connectivity index is 2.65. The van der Waals surface area contributed by atoms with Crippen LogP contribution in [-0.4, -0.2) is 24.0 Å². The molecular formula is C16H17N3O3. The highest BCUT2D eigenvalue weighted by Gasteiger charge is 2.38. The number of nitrogens with one attached hydrogen (secondary N) is 1. The number of hydrogen-bond acceptors (Lipinski definition) is 4. The van der Waals surface area contributed by atoms with Crippen LogP contribution < -0.4 is 16.2 Å². The number of amidine groups is 1. The first-order chi connectivity index (χ1) is 10.4. The van der Waals surface area contributed by atoms with E-state index in [1.54, 1.807) is 30.3 Å². The number of amides is 1. The fraction of sp³-hybridized carbons (Fsp3) is 0.125. The summed E-state index contributed by atoms with van der Waals surface area (Å²) in [7, 11) is 1.41. The van der Waals surface area contributed by atoms with Gasteiger partial charge in [-0.15, -0.1) is 0 Å². The Labute approximate surface area is 127 Å². The molecule has 2 rings (SSSR count). The number of benzene rings is 2. The van der Waals surface area contributed by atoms with E-state index in [0.29, 0.717) is 11.1 Å². The van der Waals surface area contributed by atoms with Crippen LogP contribution in [0, 0.1) is 5.41 Å². The van der Waals surface area contributed by atoms with Crippen molar-refractivity contribution in [3.05, 3.63) is 65.2 Å². The molecule has 0 bridgehead atoms. The van der Waals surface area contributed by atoms with Gasteiger partial charge in [-0.3, -0.25) is 10.2 Å². The van der Waals surface area contributed by atoms with Gasteiger partial charge < -0.3 is 21.3 Å². The highest BCUT2D eigenvalue weighted by Crippen LogP contribution is 2.32. The second kappa shape index (κ2) is 5.87. The maximum Gasteiger partial charge on any atom is 0.258 e. The van der Waals surface area contributed by atoms with Crippen LogP contribution in [0.1, 0.15) is 16.7 Å². The zero-order chi connectivity index (χ0) is 16.3. The van der Waals surface area contributed by atoms with E-state index in [-0.39, 0.29) is 17.1 Å². The third-order valence-electron chi connectivity index (χ3n) is 3.46. The van der Waals surface area contributed by atoms with Gasteiger partial charge in [0, 0.05) is 5.56 Å². The van der Waals surface area contributed by atoms with Gasteiger partial charge in [0.15, 0.2) is 5.60 Å². The Bertz CT molecular complexity index is 716. The largest absolute Gasteiger partial charge is 0.496 e. The molecule has 2 aromatic carbocycles. The standard InChI is InChI=1S/C16H17N3O3/c1-22-13-9-11(7-8-12(13)14(17)18)16(21,15(19)20)10-5-3-2-4-6-10/h2-9,21H,1H3,(H3,17,18)(H2,19,20). The van der Waals surface area contributed by atoms with Gasteiger partial charge in [0.2, 0.25) is 0 Å². The Hall–Kier alpha value is -2.86. The molecule has 0 aromatic heterocycles. The summed E-state index contributed by atoms with van der Waals surface area (Å²) >= 11 is 0. The fourth-order valence-corrected chi connectivity index (χ4v) is 2.27. The smallest absolute Gasteiger partial charge is 0.258 e. The van der Waals surface area contributed by atoms with Crippen LogP contribution in [0.5, 0.6) is 5.75 Å². The summed E-state index contributed by atoms with van der Waals surface area (Å²) in [5.74, 6) is -0.803. The number of ether oxygens (including phenoxy) is 1. The van der Waals surface area contributed by atoms with Crippen molar-refractivity contribution in [1.82, 2.24) is 0 Å². The predicted molar refractivity (Wildman–Crippen MR) is 82.6 cm³/mol. The summed E-state index contributed by atoms with van der Waals surface area (Å²) in [6.45, 7) is 0. The van der Waals surface area contributed by atoms with Gasteiger partial charge in [0.25, 0.3) is 5.91 Å². The minimum absolute atomic E-state index is 0.175. The van der Waals surface area contributed by atoms with Crippen LogP contribution in [0.4, 0.5) is 0 Å². The van der Waals surface area contributed by atoms with Gasteiger partial charge in [-0.05, 0) is 17.7 Å². The quantitative estimate of drug-likeness (QED) is 0.479. The average Bonchev–Trinajstić information content (AvgIpc) is 2.53. The van der Waals surface area contributed by atoms with Crippen LogP contribution in [0.25, 0.3) is 0 Å². The molecule has 0 heterocycles. The molecule has 22 heavy (non-hydrogen) atoms. The van der Waals surface area contributed by atoms with E-state index >= 15 is 0 Å². The van der Waals surface area contributed by atoms with E-state index in [4.69, 9.17) is 21.6 Å². The number of carbonyl (C=O) groups is 1. The molecule has 0 aliphatic rings. The molecular weight excluding hydrogens is 282 g/mol. The van der Waals surface area contributed by atoms with Crippen molar-refractivity contribution in [2.24, 2.45) is 11.5 Å². The first kappa shape index (κ1) is 15.5. The lowest BCUT2D eigenvalue weighted by molar-refractivity contribution is -0.133. The molecule has 114 valence electrons. The van der Waals surface area contributed by atoms with E-state index in [1.807, 2.05) is 0 Å².